The lowest BCUT2D eigenvalue weighted by molar-refractivity contribution is 0.943. The van der Waals surface area contributed by atoms with Gasteiger partial charge < -0.3 is 5.32 Å². The molecule has 4 nitrogen and oxygen atoms in total. The number of aryl methyl sites for hydroxylation is 1. The number of thiophene rings is 1. The Morgan fingerprint density at radius 3 is 3.11 bits per heavy atom. The lowest BCUT2D eigenvalue weighted by atomic mass is 10.3. The van der Waals surface area contributed by atoms with Crippen molar-refractivity contribution in [1.82, 2.24) is 14.6 Å². The summed E-state index contributed by atoms with van der Waals surface area (Å²) in [6.07, 6.45) is 1.57. The first kappa shape index (κ1) is 11.7. The van der Waals surface area contributed by atoms with Crippen molar-refractivity contribution in [2.45, 2.75) is 13.5 Å². The van der Waals surface area contributed by atoms with Crippen molar-refractivity contribution >= 4 is 38.7 Å². The molecule has 0 bridgehead atoms. The van der Waals surface area contributed by atoms with Crippen LogP contribution in [-0.4, -0.2) is 14.6 Å². The van der Waals surface area contributed by atoms with Crippen molar-refractivity contribution in [2.75, 3.05) is 5.32 Å². The summed E-state index contributed by atoms with van der Waals surface area (Å²) in [5.74, 6) is 0.961. The molecule has 0 aliphatic carbocycles. The lowest BCUT2D eigenvalue weighted by Crippen LogP contribution is -2.04. The summed E-state index contributed by atoms with van der Waals surface area (Å²) in [7, 11) is 0. The minimum atomic E-state index is 0.774. The zero-order valence-corrected chi connectivity index (χ0v) is 12.1. The van der Waals surface area contributed by atoms with Crippen LogP contribution in [0.2, 0.25) is 0 Å². The van der Waals surface area contributed by atoms with Gasteiger partial charge in [-0.1, -0.05) is 0 Å². The Morgan fingerprint density at radius 2 is 2.33 bits per heavy atom. The predicted octanol–water partition coefficient (Wildman–Crippen LogP) is 3.47. The molecule has 6 heteroatoms. The van der Waals surface area contributed by atoms with Crippen LogP contribution in [0.15, 0.2) is 34.4 Å². The molecule has 0 fully saturated rings. The first-order valence-electron chi connectivity index (χ1n) is 5.50. The third-order valence-corrected chi connectivity index (χ3v) is 4.57. The lowest BCUT2D eigenvalue weighted by Gasteiger charge is -2.08. The van der Waals surface area contributed by atoms with Gasteiger partial charge in [-0.15, -0.1) is 11.3 Å². The Morgan fingerprint density at radius 1 is 1.44 bits per heavy atom. The van der Waals surface area contributed by atoms with Crippen LogP contribution in [0.25, 0.3) is 5.65 Å². The Kier molecular flexibility index (Phi) is 3.05. The van der Waals surface area contributed by atoms with Gasteiger partial charge in [0.2, 0.25) is 0 Å². The van der Waals surface area contributed by atoms with Crippen LogP contribution in [0.1, 0.15) is 10.4 Å². The summed E-state index contributed by atoms with van der Waals surface area (Å²) in [4.78, 5) is 5.48. The van der Waals surface area contributed by atoms with Crippen molar-refractivity contribution in [2.24, 2.45) is 0 Å². The Bertz CT molecular complexity index is 688. The first-order chi connectivity index (χ1) is 8.74. The number of hydrogen-bond acceptors (Lipinski definition) is 4. The van der Waals surface area contributed by atoms with E-state index in [9.17, 15) is 0 Å². The fraction of sp³-hybridized carbons (Fsp3) is 0.167. The molecule has 0 spiro atoms. The van der Waals surface area contributed by atoms with Crippen molar-refractivity contribution in [3.05, 3.63) is 44.8 Å². The molecular formula is C12H11BrN4S. The molecule has 18 heavy (non-hydrogen) atoms. The molecule has 0 radical (unpaired) electrons. The monoisotopic (exact) mass is 322 g/mol. The zero-order valence-electron chi connectivity index (χ0n) is 9.72. The van der Waals surface area contributed by atoms with Crippen molar-refractivity contribution in [1.29, 1.82) is 0 Å². The second-order valence-electron chi connectivity index (χ2n) is 3.99. The molecule has 0 aliphatic rings. The van der Waals surface area contributed by atoms with Crippen LogP contribution in [0, 0.1) is 6.92 Å². The maximum absolute atomic E-state index is 4.22. The smallest absolute Gasteiger partial charge is 0.157 e. The van der Waals surface area contributed by atoms with Crippen LogP contribution >= 0.6 is 27.3 Å². The number of hydrogen-bond donors (Lipinski definition) is 1. The topological polar surface area (TPSA) is 42.2 Å². The Hall–Kier alpha value is -1.40. The molecule has 92 valence electrons. The first-order valence-corrected chi connectivity index (χ1v) is 7.17. The SMILES string of the molecule is Cc1cc(NCc2sccc2Br)n2ncnc2c1. The van der Waals surface area contributed by atoms with E-state index in [0.717, 1.165) is 22.5 Å². The molecule has 3 aromatic heterocycles. The fourth-order valence-corrected chi connectivity index (χ4v) is 3.24. The molecule has 3 heterocycles. The van der Waals surface area contributed by atoms with Gasteiger partial charge in [0.25, 0.3) is 0 Å². The molecule has 0 aromatic carbocycles. The van der Waals surface area contributed by atoms with E-state index in [1.165, 1.54) is 10.4 Å². The van der Waals surface area contributed by atoms with Crippen LogP contribution < -0.4 is 5.32 Å². The third kappa shape index (κ3) is 2.13. The van der Waals surface area contributed by atoms with Gasteiger partial charge >= 0.3 is 0 Å². The van der Waals surface area contributed by atoms with E-state index in [1.54, 1.807) is 17.7 Å². The Labute approximate surface area is 117 Å². The van der Waals surface area contributed by atoms with Gasteiger partial charge in [0.15, 0.2) is 5.65 Å². The molecule has 3 rings (SSSR count). The molecule has 0 aliphatic heterocycles. The Balaban J connectivity index is 1.90. The summed E-state index contributed by atoms with van der Waals surface area (Å²) in [5.41, 5.74) is 2.03. The van der Waals surface area contributed by atoms with Crippen LogP contribution in [-0.2, 0) is 6.54 Å². The molecule has 0 atom stereocenters. The second-order valence-corrected chi connectivity index (χ2v) is 5.85. The number of aromatic nitrogens is 3. The number of nitrogens with zero attached hydrogens (tertiary/aromatic N) is 3. The standard InChI is InChI=1S/C12H11BrN4S/c1-8-4-11(17-12(5-8)15-7-16-17)14-6-10-9(13)2-3-18-10/h2-5,7,14H,6H2,1H3. The minimum Gasteiger partial charge on any atom is -0.365 e. The van der Waals surface area contributed by atoms with Gasteiger partial charge in [0.1, 0.15) is 12.1 Å². The van der Waals surface area contributed by atoms with E-state index < -0.39 is 0 Å². The van der Waals surface area contributed by atoms with Crippen molar-refractivity contribution in [3.8, 4) is 0 Å². The molecular weight excluding hydrogens is 312 g/mol. The zero-order chi connectivity index (χ0) is 12.5. The van der Waals surface area contributed by atoms with Crippen molar-refractivity contribution < 1.29 is 0 Å². The maximum Gasteiger partial charge on any atom is 0.157 e. The van der Waals surface area contributed by atoms with Gasteiger partial charge in [-0.2, -0.15) is 9.61 Å². The summed E-state index contributed by atoms with van der Waals surface area (Å²) >= 11 is 5.26. The fourth-order valence-electron chi connectivity index (χ4n) is 1.80. The van der Waals surface area contributed by atoms with Gasteiger partial charge in [-0.3, -0.25) is 0 Å². The molecule has 0 saturated heterocycles. The highest BCUT2D eigenvalue weighted by atomic mass is 79.9. The minimum absolute atomic E-state index is 0.774. The number of rotatable bonds is 3. The maximum atomic E-state index is 4.22. The van der Waals surface area contributed by atoms with E-state index >= 15 is 0 Å². The highest BCUT2D eigenvalue weighted by Gasteiger charge is 2.05. The van der Waals surface area contributed by atoms with Gasteiger partial charge in [0, 0.05) is 9.35 Å². The van der Waals surface area contributed by atoms with Gasteiger partial charge in [0.05, 0.1) is 6.54 Å². The molecule has 0 unspecified atom stereocenters. The highest BCUT2D eigenvalue weighted by molar-refractivity contribution is 9.10. The summed E-state index contributed by atoms with van der Waals surface area (Å²) in [6, 6.07) is 6.14. The summed E-state index contributed by atoms with van der Waals surface area (Å²) < 4.78 is 2.96. The van der Waals surface area contributed by atoms with E-state index in [4.69, 9.17) is 0 Å². The van der Waals surface area contributed by atoms with Crippen LogP contribution in [0.4, 0.5) is 5.82 Å². The van der Waals surface area contributed by atoms with Gasteiger partial charge in [-0.25, -0.2) is 4.98 Å². The number of anilines is 1. The number of pyridine rings is 1. The molecule has 3 aromatic rings. The largest absolute Gasteiger partial charge is 0.365 e. The summed E-state index contributed by atoms with van der Waals surface area (Å²) in [5, 5.41) is 9.69. The van der Waals surface area contributed by atoms with Crippen molar-refractivity contribution in [3.63, 3.8) is 0 Å². The normalized spacial score (nSPS) is 11.0. The van der Waals surface area contributed by atoms with E-state index in [2.05, 4.69) is 55.8 Å². The summed E-state index contributed by atoms with van der Waals surface area (Å²) in [6.45, 7) is 2.83. The quantitative estimate of drug-likeness (QED) is 0.802. The molecule has 0 saturated carbocycles. The number of halogens is 1. The van der Waals surface area contributed by atoms with Crippen LogP contribution in [0.3, 0.4) is 0 Å². The average Bonchev–Trinajstić information content (AvgIpc) is 2.94. The third-order valence-electron chi connectivity index (χ3n) is 2.64. The van der Waals surface area contributed by atoms with E-state index in [0.29, 0.717) is 0 Å². The van der Waals surface area contributed by atoms with Crippen LogP contribution in [0.5, 0.6) is 0 Å². The average molecular weight is 323 g/mol. The predicted molar refractivity (Wildman–Crippen MR) is 77.1 cm³/mol. The highest BCUT2D eigenvalue weighted by Crippen LogP contribution is 2.24. The number of fused-ring (bicyclic) bond motifs is 1. The van der Waals surface area contributed by atoms with Gasteiger partial charge in [-0.05, 0) is 52.0 Å². The molecule has 1 N–H and O–H groups in total. The van der Waals surface area contributed by atoms with E-state index in [-0.39, 0.29) is 0 Å². The van der Waals surface area contributed by atoms with E-state index in [1.807, 2.05) is 10.6 Å². The molecule has 0 amide bonds. The number of nitrogens with one attached hydrogen (secondary N) is 1. The second kappa shape index (κ2) is 4.70.